The standard InChI is InChI=1S/C15H20FNO4/c1-5-10(13(18)19)9-6-7-12(11(16)8-9)17-14(20)21-15(2,3)4/h6-8,10H,5H2,1-4H3,(H,17,20)(H,18,19). The van der Waals surface area contributed by atoms with Gasteiger partial charge in [-0.3, -0.25) is 10.1 Å². The lowest BCUT2D eigenvalue weighted by Crippen LogP contribution is -2.27. The fourth-order valence-electron chi connectivity index (χ4n) is 1.82. The van der Waals surface area contributed by atoms with Crippen molar-refractivity contribution in [3.8, 4) is 0 Å². The highest BCUT2D eigenvalue weighted by Crippen LogP contribution is 2.24. The molecule has 1 atom stereocenters. The normalized spacial score (nSPS) is 12.6. The molecule has 1 rings (SSSR count). The van der Waals surface area contributed by atoms with Gasteiger partial charge in [0.2, 0.25) is 0 Å². The van der Waals surface area contributed by atoms with E-state index < -0.39 is 29.4 Å². The van der Waals surface area contributed by atoms with Gasteiger partial charge in [-0.15, -0.1) is 0 Å². The predicted octanol–water partition coefficient (Wildman–Crippen LogP) is 3.75. The summed E-state index contributed by atoms with van der Waals surface area (Å²) in [6.45, 7) is 6.81. The van der Waals surface area contributed by atoms with Gasteiger partial charge in [-0.25, -0.2) is 9.18 Å². The van der Waals surface area contributed by atoms with Gasteiger partial charge in [-0.2, -0.15) is 0 Å². The molecule has 0 aromatic heterocycles. The Labute approximate surface area is 123 Å². The van der Waals surface area contributed by atoms with Crippen molar-refractivity contribution in [3.63, 3.8) is 0 Å². The maximum Gasteiger partial charge on any atom is 0.412 e. The average molecular weight is 297 g/mol. The van der Waals surface area contributed by atoms with Crippen LogP contribution in [0.3, 0.4) is 0 Å². The summed E-state index contributed by atoms with van der Waals surface area (Å²) < 4.78 is 19.0. The highest BCUT2D eigenvalue weighted by molar-refractivity contribution is 5.85. The van der Waals surface area contributed by atoms with Crippen molar-refractivity contribution in [2.45, 2.75) is 45.6 Å². The van der Waals surface area contributed by atoms with Crippen molar-refractivity contribution >= 4 is 17.7 Å². The minimum Gasteiger partial charge on any atom is -0.481 e. The molecule has 1 amide bonds. The number of carboxylic acid groups (broad SMARTS) is 1. The van der Waals surface area contributed by atoms with E-state index in [1.54, 1.807) is 27.7 Å². The van der Waals surface area contributed by atoms with Crippen LogP contribution in [0.5, 0.6) is 0 Å². The summed E-state index contributed by atoms with van der Waals surface area (Å²) in [5.74, 6) is -2.47. The second-order valence-electron chi connectivity index (χ2n) is 5.67. The third-order valence-corrected chi connectivity index (χ3v) is 2.74. The van der Waals surface area contributed by atoms with E-state index in [1.807, 2.05) is 0 Å². The first-order valence-corrected chi connectivity index (χ1v) is 6.66. The van der Waals surface area contributed by atoms with Gasteiger partial charge in [-0.05, 0) is 44.9 Å². The fourth-order valence-corrected chi connectivity index (χ4v) is 1.82. The number of hydrogen-bond donors (Lipinski definition) is 2. The number of carbonyl (C=O) groups excluding carboxylic acids is 1. The van der Waals surface area contributed by atoms with Crippen molar-refractivity contribution in [2.75, 3.05) is 5.32 Å². The van der Waals surface area contributed by atoms with E-state index in [2.05, 4.69) is 5.32 Å². The molecule has 0 fully saturated rings. The van der Waals surface area contributed by atoms with Crippen LogP contribution >= 0.6 is 0 Å². The SMILES string of the molecule is CCC(C(=O)O)c1ccc(NC(=O)OC(C)(C)C)c(F)c1. The molecular weight excluding hydrogens is 277 g/mol. The van der Waals surface area contributed by atoms with Crippen LogP contribution in [0.2, 0.25) is 0 Å². The van der Waals surface area contributed by atoms with Crippen molar-refractivity contribution in [2.24, 2.45) is 0 Å². The molecule has 0 saturated heterocycles. The van der Waals surface area contributed by atoms with Gasteiger partial charge in [0.15, 0.2) is 0 Å². The van der Waals surface area contributed by atoms with E-state index in [9.17, 15) is 14.0 Å². The van der Waals surface area contributed by atoms with Crippen LogP contribution in [0, 0.1) is 5.82 Å². The molecule has 6 heteroatoms. The minimum atomic E-state index is -1.01. The molecule has 0 aliphatic heterocycles. The summed E-state index contributed by atoms with van der Waals surface area (Å²) in [5.41, 5.74) is -0.373. The van der Waals surface area contributed by atoms with E-state index >= 15 is 0 Å². The second-order valence-corrected chi connectivity index (χ2v) is 5.67. The third-order valence-electron chi connectivity index (χ3n) is 2.74. The number of benzene rings is 1. The molecule has 1 aromatic carbocycles. The summed E-state index contributed by atoms with van der Waals surface area (Å²) in [5, 5.41) is 11.3. The van der Waals surface area contributed by atoms with Crippen LogP contribution in [0.15, 0.2) is 18.2 Å². The molecule has 0 saturated carbocycles. The van der Waals surface area contributed by atoms with Crippen molar-refractivity contribution in [3.05, 3.63) is 29.6 Å². The van der Waals surface area contributed by atoms with E-state index in [1.165, 1.54) is 12.1 Å². The Balaban J connectivity index is 2.88. The van der Waals surface area contributed by atoms with Crippen molar-refractivity contribution in [1.82, 2.24) is 0 Å². The van der Waals surface area contributed by atoms with Gasteiger partial charge in [0, 0.05) is 0 Å². The number of rotatable bonds is 4. The molecular formula is C15H20FNO4. The molecule has 116 valence electrons. The lowest BCUT2D eigenvalue weighted by molar-refractivity contribution is -0.138. The first-order chi connectivity index (χ1) is 9.64. The Morgan fingerprint density at radius 2 is 2.00 bits per heavy atom. The second kappa shape index (κ2) is 6.56. The van der Waals surface area contributed by atoms with Crippen LogP contribution in [0.1, 0.15) is 45.6 Å². The summed E-state index contributed by atoms with van der Waals surface area (Å²) >= 11 is 0. The van der Waals surface area contributed by atoms with Crippen LogP contribution < -0.4 is 5.32 Å². The third kappa shape index (κ3) is 5.06. The molecule has 0 radical (unpaired) electrons. The number of amides is 1. The zero-order chi connectivity index (χ0) is 16.2. The number of anilines is 1. The highest BCUT2D eigenvalue weighted by atomic mass is 19.1. The number of carboxylic acids is 1. The Bertz CT molecular complexity index is 537. The number of ether oxygens (including phenoxy) is 1. The predicted molar refractivity (Wildman–Crippen MR) is 76.9 cm³/mol. The maximum absolute atomic E-state index is 13.9. The Kier molecular flexibility index (Phi) is 5.29. The van der Waals surface area contributed by atoms with E-state index in [-0.39, 0.29) is 5.69 Å². The Hall–Kier alpha value is -2.11. The molecule has 0 aliphatic carbocycles. The van der Waals surface area contributed by atoms with Gasteiger partial charge in [-0.1, -0.05) is 13.0 Å². The summed E-state index contributed by atoms with van der Waals surface area (Å²) in [6.07, 6.45) is -0.410. The number of carbonyl (C=O) groups is 2. The van der Waals surface area contributed by atoms with Crippen LogP contribution in [-0.4, -0.2) is 22.8 Å². The largest absolute Gasteiger partial charge is 0.481 e. The fraction of sp³-hybridized carbons (Fsp3) is 0.467. The maximum atomic E-state index is 13.9. The number of aliphatic carboxylic acids is 1. The quantitative estimate of drug-likeness (QED) is 0.887. The molecule has 0 aliphatic rings. The molecule has 1 aromatic rings. The molecule has 0 spiro atoms. The number of nitrogens with one attached hydrogen (secondary N) is 1. The van der Waals surface area contributed by atoms with E-state index in [4.69, 9.17) is 9.84 Å². The zero-order valence-corrected chi connectivity index (χ0v) is 12.6. The number of halogens is 1. The molecule has 2 N–H and O–H groups in total. The molecule has 21 heavy (non-hydrogen) atoms. The molecule has 1 unspecified atom stereocenters. The van der Waals surface area contributed by atoms with E-state index in [0.29, 0.717) is 12.0 Å². The van der Waals surface area contributed by atoms with Crippen LogP contribution in [-0.2, 0) is 9.53 Å². The van der Waals surface area contributed by atoms with Gasteiger partial charge >= 0.3 is 12.1 Å². The number of hydrogen-bond acceptors (Lipinski definition) is 3. The van der Waals surface area contributed by atoms with Gasteiger partial charge < -0.3 is 9.84 Å². The summed E-state index contributed by atoms with van der Waals surface area (Å²) in [6, 6.07) is 3.94. The lowest BCUT2D eigenvalue weighted by atomic mass is 9.96. The van der Waals surface area contributed by atoms with Crippen molar-refractivity contribution in [1.29, 1.82) is 0 Å². The van der Waals surface area contributed by atoms with Crippen LogP contribution in [0.4, 0.5) is 14.9 Å². The van der Waals surface area contributed by atoms with Gasteiger partial charge in [0.25, 0.3) is 0 Å². The zero-order valence-electron chi connectivity index (χ0n) is 12.6. The first kappa shape index (κ1) is 16.9. The van der Waals surface area contributed by atoms with Crippen LogP contribution in [0.25, 0.3) is 0 Å². The van der Waals surface area contributed by atoms with Crippen molar-refractivity contribution < 1.29 is 23.8 Å². The smallest absolute Gasteiger partial charge is 0.412 e. The van der Waals surface area contributed by atoms with Gasteiger partial charge in [0.05, 0.1) is 11.6 Å². The molecule has 0 heterocycles. The highest BCUT2D eigenvalue weighted by Gasteiger charge is 2.20. The topological polar surface area (TPSA) is 75.6 Å². The molecule has 5 nitrogen and oxygen atoms in total. The Morgan fingerprint density at radius 3 is 2.43 bits per heavy atom. The summed E-state index contributed by atoms with van der Waals surface area (Å²) in [4.78, 5) is 22.6. The van der Waals surface area contributed by atoms with E-state index in [0.717, 1.165) is 6.07 Å². The van der Waals surface area contributed by atoms with Gasteiger partial charge in [0.1, 0.15) is 11.4 Å². The lowest BCUT2D eigenvalue weighted by Gasteiger charge is -2.20. The monoisotopic (exact) mass is 297 g/mol. The molecule has 0 bridgehead atoms. The first-order valence-electron chi connectivity index (χ1n) is 6.66. The summed E-state index contributed by atoms with van der Waals surface area (Å²) in [7, 11) is 0. The minimum absolute atomic E-state index is 0.0479. The Morgan fingerprint density at radius 1 is 1.38 bits per heavy atom. The average Bonchev–Trinajstić information content (AvgIpc) is 2.30.